The van der Waals surface area contributed by atoms with E-state index in [4.69, 9.17) is 9.47 Å². The van der Waals surface area contributed by atoms with Crippen molar-refractivity contribution in [3.8, 4) is 17.2 Å². The van der Waals surface area contributed by atoms with E-state index in [0.717, 1.165) is 11.1 Å². The second-order valence-electron chi connectivity index (χ2n) is 9.79. The molecule has 0 unspecified atom stereocenters. The summed E-state index contributed by atoms with van der Waals surface area (Å²) < 4.78 is 11.9. The highest BCUT2D eigenvalue weighted by Crippen LogP contribution is 2.25. The minimum absolute atomic E-state index is 0.0628. The lowest BCUT2D eigenvalue weighted by Gasteiger charge is -2.11. The van der Waals surface area contributed by atoms with E-state index in [1.54, 1.807) is 60.7 Å². The summed E-state index contributed by atoms with van der Waals surface area (Å²) in [5, 5.41) is 9.91. The van der Waals surface area contributed by atoms with Crippen LogP contribution in [-0.4, -0.2) is 22.5 Å². The number of benzene rings is 5. The minimum Gasteiger partial charge on any atom is -0.508 e. The number of rotatable bonds is 2. The highest BCUT2D eigenvalue weighted by atomic mass is 16.5. The van der Waals surface area contributed by atoms with Crippen LogP contribution < -0.4 is 9.47 Å². The van der Waals surface area contributed by atoms with Gasteiger partial charge in [0.05, 0.1) is 0 Å². The van der Waals surface area contributed by atoms with Crippen molar-refractivity contribution in [2.24, 2.45) is 0 Å². The number of aromatic hydroxyl groups is 1. The number of fused-ring (bicyclic) bond motifs is 4. The topological polar surface area (TPSA) is 89.9 Å². The molecule has 200 valence electrons. The number of phenolic OH excluding ortho intramolecular Hbond substituents is 1. The van der Waals surface area contributed by atoms with Gasteiger partial charge in [-0.15, -0.1) is 0 Å². The largest absolute Gasteiger partial charge is 0.508 e. The van der Waals surface area contributed by atoms with Gasteiger partial charge in [0.15, 0.2) is 17.3 Å². The molecular formula is C35H24O6. The number of ketones is 3. The number of hydrogen-bond donors (Lipinski definition) is 1. The summed E-state index contributed by atoms with van der Waals surface area (Å²) in [6, 6.07) is 31.8. The van der Waals surface area contributed by atoms with Crippen LogP contribution in [-0.2, 0) is 13.2 Å². The average molecular weight is 541 g/mol. The Morgan fingerprint density at radius 2 is 1.05 bits per heavy atom. The summed E-state index contributed by atoms with van der Waals surface area (Å²) in [5.74, 6) is -0.196. The van der Waals surface area contributed by atoms with Gasteiger partial charge in [-0.25, -0.2) is 0 Å². The molecule has 41 heavy (non-hydrogen) atoms. The Kier molecular flexibility index (Phi) is 6.88. The summed E-state index contributed by atoms with van der Waals surface area (Å²) in [5.41, 5.74) is 3.36. The number of carbonyl (C=O) groups excluding carboxylic acids is 3. The zero-order valence-corrected chi connectivity index (χ0v) is 21.9. The second-order valence-corrected chi connectivity index (χ2v) is 9.79. The first-order chi connectivity index (χ1) is 19.9. The Morgan fingerprint density at radius 1 is 0.537 bits per heavy atom. The first-order valence-electron chi connectivity index (χ1n) is 13.0. The van der Waals surface area contributed by atoms with E-state index >= 15 is 0 Å². The molecule has 5 aromatic rings. The van der Waals surface area contributed by atoms with Crippen LogP contribution in [0.2, 0.25) is 0 Å². The van der Waals surface area contributed by atoms with Gasteiger partial charge in [0, 0.05) is 33.4 Å². The van der Waals surface area contributed by atoms with Crippen molar-refractivity contribution in [3.63, 3.8) is 0 Å². The van der Waals surface area contributed by atoms with Crippen molar-refractivity contribution in [2.45, 2.75) is 13.2 Å². The molecule has 0 aliphatic carbocycles. The lowest BCUT2D eigenvalue weighted by molar-refractivity contribution is 0.103. The lowest BCUT2D eigenvalue weighted by Crippen LogP contribution is -2.11. The van der Waals surface area contributed by atoms with Crippen LogP contribution in [0.5, 0.6) is 17.2 Å². The van der Waals surface area contributed by atoms with Crippen molar-refractivity contribution in [1.82, 2.24) is 0 Å². The van der Waals surface area contributed by atoms with Gasteiger partial charge >= 0.3 is 0 Å². The monoisotopic (exact) mass is 540 g/mol. The molecule has 0 spiro atoms. The summed E-state index contributed by atoms with van der Waals surface area (Å²) in [4.78, 5) is 40.9. The lowest BCUT2D eigenvalue weighted by atomic mass is 9.92. The van der Waals surface area contributed by atoms with E-state index in [-0.39, 0.29) is 39.6 Å². The second kappa shape index (κ2) is 10.9. The first-order valence-corrected chi connectivity index (χ1v) is 13.0. The summed E-state index contributed by atoms with van der Waals surface area (Å²) >= 11 is 0. The van der Waals surface area contributed by atoms with E-state index in [0.29, 0.717) is 35.8 Å². The molecule has 2 aliphatic rings. The van der Waals surface area contributed by atoms with Crippen LogP contribution in [0.25, 0.3) is 0 Å². The predicted molar refractivity (Wildman–Crippen MR) is 153 cm³/mol. The molecule has 7 rings (SSSR count). The normalized spacial score (nSPS) is 12.9. The van der Waals surface area contributed by atoms with Gasteiger partial charge in [-0.3, -0.25) is 14.4 Å². The van der Waals surface area contributed by atoms with Gasteiger partial charge in [-0.2, -0.15) is 0 Å². The molecule has 8 bridgehead atoms. The van der Waals surface area contributed by atoms with Crippen molar-refractivity contribution in [2.75, 3.05) is 0 Å². The molecule has 6 heteroatoms. The minimum atomic E-state index is -0.429. The van der Waals surface area contributed by atoms with Crippen molar-refractivity contribution < 1.29 is 29.0 Å². The first kappa shape index (κ1) is 25.8. The SMILES string of the molecule is O=C(c1cccc(O)c1)c1cc2cc(c1)C(=O)c1cccc(c1)OCc1ccc(cc1)COc1cccc(c1)C2=O. The Labute approximate surface area is 236 Å². The number of ether oxygens (including phenoxy) is 2. The maximum absolute atomic E-state index is 13.7. The zero-order chi connectivity index (χ0) is 28.3. The van der Waals surface area contributed by atoms with Gasteiger partial charge in [-0.1, -0.05) is 60.7 Å². The predicted octanol–water partition coefficient (Wildman–Crippen LogP) is 6.56. The molecule has 0 saturated heterocycles. The molecule has 2 aliphatic heterocycles. The maximum Gasteiger partial charge on any atom is 0.193 e. The summed E-state index contributed by atoms with van der Waals surface area (Å²) in [6.45, 7) is 0.626. The number of hydrogen-bond acceptors (Lipinski definition) is 6. The molecule has 0 radical (unpaired) electrons. The van der Waals surface area contributed by atoms with Crippen LogP contribution in [0.3, 0.4) is 0 Å². The third-order valence-electron chi connectivity index (χ3n) is 6.85. The molecule has 0 aromatic heterocycles. The third-order valence-corrected chi connectivity index (χ3v) is 6.85. The fourth-order valence-corrected chi connectivity index (χ4v) is 4.69. The molecule has 6 nitrogen and oxygen atoms in total. The van der Waals surface area contributed by atoms with Gasteiger partial charge in [0.1, 0.15) is 30.5 Å². The van der Waals surface area contributed by atoms with E-state index in [9.17, 15) is 19.5 Å². The van der Waals surface area contributed by atoms with E-state index in [1.807, 2.05) is 24.3 Å². The quantitative estimate of drug-likeness (QED) is 0.255. The third kappa shape index (κ3) is 5.63. The Balaban J connectivity index is 1.48. The highest BCUT2D eigenvalue weighted by molar-refractivity contribution is 6.17. The van der Waals surface area contributed by atoms with E-state index in [1.165, 1.54) is 30.3 Å². The van der Waals surface area contributed by atoms with Gasteiger partial charge < -0.3 is 14.6 Å². The Hall–Kier alpha value is -5.49. The van der Waals surface area contributed by atoms with E-state index < -0.39 is 5.78 Å². The molecule has 0 saturated carbocycles. The van der Waals surface area contributed by atoms with Crippen LogP contribution in [0.4, 0.5) is 0 Å². The van der Waals surface area contributed by atoms with Crippen molar-refractivity contribution in [1.29, 1.82) is 0 Å². The molecule has 1 N–H and O–H groups in total. The Morgan fingerprint density at radius 3 is 1.56 bits per heavy atom. The van der Waals surface area contributed by atoms with Crippen LogP contribution >= 0.6 is 0 Å². The zero-order valence-electron chi connectivity index (χ0n) is 21.9. The molecular weight excluding hydrogens is 516 g/mol. The molecule has 0 atom stereocenters. The fourth-order valence-electron chi connectivity index (χ4n) is 4.69. The molecule has 0 amide bonds. The maximum atomic E-state index is 13.7. The van der Waals surface area contributed by atoms with Crippen LogP contribution in [0.15, 0.2) is 115 Å². The van der Waals surface area contributed by atoms with Gasteiger partial charge in [-0.05, 0) is 65.7 Å². The fraction of sp³-hybridized carbons (Fsp3) is 0.0571. The van der Waals surface area contributed by atoms with Crippen molar-refractivity contribution in [3.05, 3.63) is 160 Å². The summed E-state index contributed by atoms with van der Waals surface area (Å²) in [6.07, 6.45) is 0. The van der Waals surface area contributed by atoms with Gasteiger partial charge in [0.2, 0.25) is 0 Å². The average Bonchev–Trinajstić information content (AvgIpc) is 3.02. The Bertz CT molecular complexity index is 1700. The number of phenols is 1. The van der Waals surface area contributed by atoms with Crippen molar-refractivity contribution >= 4 is 17.3 Å². The smallest absolute Gasteiger partial charge is 0.193 e. The van der Waals surface area contributed by atoms with Gasteiger partial charge in [0.25, 0.3) is 0 Å². The molecule has 0 fully saturated rings. The molecule has 2 heterocycles. The molecule has 5 aromatic carbocycles. The van der Waals surface area contributed by atoms with Crippen LogP contribution in [0.1, 0.15) is 58.9 Å². The standard InChI is InChI=1S/C35H24O6/c36-30-7-1-4-24(17-30)33(37)27-14-28-16-29(15-27)35(39)26-6-3-9-32(19-26)41-21-23-12-10-22(11-13-23)20-40-31-8-2-5-25(18-31)34(28)38/h1-19,36H,20-21H2. The number of carbonyl (C=O) groups is 3. The summed E-state index contributed by atoms with van der Waals surface area (Å²) in [7, 11) is 0. The van der Waals surface area contributed by atoms with E-state index in [2.05, 4.69) is 0 Å². The van der Waals surface area contributed by atoms with Crippen LogP contribution in [0, 0.1) is 0 Å². The highest BCUT2D eigenvalue weighted by Gasteiger charge is 2.20.